The van der Waals surface area contributed by atoms with E-state index < -0.39 is 16.0 Å². The van der Waals surface area contributed by atoms with Gasteiger partial charge in [0.25, 0.3) is 10.0 Å². The lowest BCUT2D eigenvalue weighted by Gasteiger charge is -2.19. The highest BCUT2D eigenvalue weighted by Gasteiger charge is 2.22. The number of carbonyl (C=O) groups excluding carboxylic acids is 1. The van der Waals surface area contributed by atoms with E-state index in [1.807, 2.05) is 19.1 Å². The lowest BCUT2D eigenvalue weighted by molar-refractivity contribution is 0.0500. The van der Waals surface area contributed by atoms with Gasteiger partial charge < -0.3 is 9.15 Å². The molecule has 0 aliphatic rings. The molecule has 6 nitrogen and oxygen atoms in total. The van der Waals surface area contributed by atoms with E-state index in [1.165, 1.54) is 0 Å². The summed E-state index contributed by atoms with van der Waals surface area (Å²) in [4.78, 5) is 12.7. The molecule has 0 fully saturated rings. The van der Waals surface area contributed by atoms with E-state index in [0.717, 1.165) is 18.4 Å². The van der Waals surface area contributed by atoms with Gasteiger partial charge in [-0.05, 0) is 54.7 Å². The van der Waals surface area contributed by atoms with Crippen molar-refractivity contribution >= 4 is 32.6 Å². The van der Waals surface area contributed by atoms with Crippen molar-refractivity contribution in [1.29, 1.82) is 0 Å². The van der Waals surface area contributed by atoms with Crippen LogP contribution in [0, 0.1) is 6.92 Å². The maximum Gasteiger partial charge on any atom is 0.342 e. The number of nitrogens with one attached hydrogen (secondary N) is 1. The van der Waals surface area contributed by atoms with Crippen LogP contribution >= 0.6 is 0 Å². The molecule has 1 heterocycles. The maximum atomic E-state index is 12.9. The number of hydrogen-bond donors (Lipinski definition) is 1. The Kier molecular flexibility index (Phi) is 6.46. The Bertz CT molecular complexity index is 1190. The summed E-state index contributed by atoms with van der Waals surface area (Å²) in [6, 6.07) is 11.7. The summed E-state index contributed by atoms with van der Waals surface area (Å²) in [6.07, 6.45) is 1.70. The Morgan fingerprint density at radius 2 is 1.77 bits per heavy atom. The molecule has 0 aliphatic heterocycles. The highest BCUT2D eigenvalue weighted by molar-refractivity contribution is 7.92. The van der Waals surface area contributed by atoms with Crippen molar-refractivity contribution in [1.82, 2.24) is 0 Å². The van der Waals surface area contributed by atoms with Gasteiger partial charge in [-0.1, -0.05) is 46.2 Å². The number of unbranched alkanes of at least 4 members (excludes halogenated alkanes) is 1. The number of rotatable bonds is 7. The summed E-state index contributed by atoms with van der Waals surface area (Å²) in [7, 11) is -3.78. The fourth-order valence-corrected chi connectivity index (χ4v) is 4.32. The Morgan fingerprint density at radius 1 is 1.10 bits per heavy atom. The van der Waals surface area contributed by atoms with E-state index in [1.54, 1.807) is 37.3 Å². The zero-order valence-electron chi connectivity index (χ0n) is 18.6. The third-order valence-corrected chi connectivity index (χ3v) is 6.48. The molecule has 166 valence electrons. The van der Waals surface area contributed by atoms with Gasteiger partial charge >= 0.3 is 5.97 Å². The van der Waals surface area contributed by atoms with Crippen LogP contribution in [-0.4, -0.2) is 21.0 Å². The van der Waals surface area contributed by atoms with Gasteiger partial charge in [0.1, 0.15) is 16.9 Å². The molecule has 0 aliphatic carbocycles. The fourth-order valence-electron chi connectivity index (χ4n) is 3.27. The van der Waals surface area contributed by atoms with Crippen molar-refractivity contribution in [2.75, 3.05) is 11.3 Å². The largest absolute Gasteiger partial charge is 0.462 e. The van der Waals surface area contributed by atoms with Crippen molar-refractivity contribution < 1.29 is 22.4 Å². The third-order valence-electron chi connectivity index (χ3n) is 5.08. The molecule has 7 heteroatoms. The Balaban J connectivity index is 1.89. The predicted molar refractivity (Wildman–Crippen MR) is 122 cm³/mol. The Hall–Kier alpha value is -2.80. The first-order valence-electron chi connectivity index (χ1n) is 10.4. The minimum atomic E-state index is -3.78. The Labute approximate surface area is 183 Å². The molecule has 3 rings (SSSR count). The zero-order valence-corrected chi connectivity index (χ0v) is 19.4. The first-order chi connectivity index (χ1) is 14.5. The van der Waals surface area contributed by atoms with Crippen LogP contribution in [0.1, 0.15) is 62.2 Å². The Morgan fingerprint density at radius 3 is 2.39 bits per heavy atom. The fraction of sp³-hybridized carbons (Fsp3) is 0.375. The quantitative estimate of drug-likeness (QED) is 0.369. The number of sulfonamides is 1. The van der Waals surface area contributed by atoms with E-state index in [-0.39, 0.29) is 10.3 Å². The number of carbonyl (C=O) groups is 1. The summed E-state index contributed by atoms with van der Waals surface area (Å²) < 4.78 is 39.3. The van der Waals surface area contributed by atoms with Gasteiger partial charge in [0.2, 0.25) is 0 Å². The summed E-state index contributed by atoms with van der Waals surface area (Å²) in [5.41, 5.74) is 2.14. The molecular weight excluding hydrogens is 414 g/mol. The number of esters is 1. The molecule has 0 radical (unpaired) electrons. The first kappa shape index (κ1) is 22.9. The molecule has 1 N–H and O–H groups in total. The topological polar surface area (TPSA) is 85.6 Å². The smallest absolute Gasteiger partial charge is 0.342 e. The molecule has 2 aromatic carbocycles. The van der Waals surface area contributed by atoms with E-state index in [0.29, 0.717) is 34.6 Å². The number of furan rings is 1. The first-order valence-corrected chi connectivity index (χ1v) is 11.8. The van der Waals surface area contributed by atoms with E-state index >= 15 is 0 Å². The van der Waals surface area contributed by atoms with Crippen LogP contribution in [0.5, 0.6) is 0 Å². The van der Waals surface area contributed by atoms with Crippen LogP contribution in [0.25, 0.3) is 11.0 Å². The summed E-state index contributed by atoms with van der Waals surface area (Å²) >= 11 is 0. The highest BCUT2D eigenvalue weighted by Crippen LogP contribution is 2.30. The summed E-state index contributed by atoms with van der Waals surface area (Å²) in [5.74, 6) is -0.0308. The van der Waals surface area contributed by atoms with Crippen LogP contribution < -0.4 is 4.72 Å². The molecule has 0 saturated heterocycles. The molecule has 0 unspecified atom stereocenters. The van der Waals surface area contributed by atoms with Gasteiger partial charge in [0.05, 0.1) is 11.5 Å². The second-order valence-corrected chi connectivity index (χ2v) is 10.3. The van der Waals surface area contributed by atoms with Gasteiger partial charge in [-0.2, -0.15) is 0 Å². The molecule has 0 bridgehead atoms. The second kappa shape index (κ2) is 8.75. The second-order valence-electron chi connectivity index (χ2n) is 8.61. The molecular formula is C24H29NO5S. The molecule has 1 aromatic heterocycles. The predicted octanol–water partition coefficient (Wildman–Crippen LogP) is 5.80. The van der Waals surface area contributed by atoms with Crippen molar-refractivity contribution in [3.63, 3.8) is 0 Å². The number of benzene rings is 2. The van der Waals surface area contributed by atoms with Crippen molar-refractivity contribution in [2.45, 2.75) is 57.8 Å². The van der Waals surface area contributed by atoms with E-state index in [4.69, 9.17) is 9.15 Å². The summed E-state index contributed by atoms with van der Waals surface area (Å²) in [6.45, 7) is 10.3. The molecule has 0 amide bonds. The zero-order chi connectivity index (χ0) is 22.8. The standard InChI is InChI=1S/C24H29NO5S/c1-6-7-14-29-23(26)22-16(2)30-21-13-10-18(15-20(21)22)25-31(27,28)19-11-8-17(9-12-19)24(3,4)5/h8-13,15,25H,6-7,14H2,1-5H3. The summed E-state index contributed by atoms with van der Waals surface area (Å²) in [5, 5.41) is 0.516. The van der Waals surface area contributed by atoms with Crippen LogP contribution in [0.3, 0.4) is 0 Å². The lowest BCUT2D eigenvalue weighted by Crippen LogP contribution is -2.15. The molecule has 0 spiro atoms. The normalized spacial score (nSPS) is 12.2. The van der Waals surface area contributed by atoms with Gasteiger partial charge in [-0.15, -0.1) is 0 Å². The number of ether oxygens (including phenoxy) is 1. The minimum Gasteiger partial charge on any atom is -0.462 e. The monoisotopic (exact) mass is 443 g/mol. The number of hydrogen-bond acceptors (Lipinski definition) is 5. The van der Waals surface area contributed by atoms with Crippen molar-refractivity contribution in [3.8, 4) is 0 Å². The van der Waals surface area contributed by atoms with Gasteiger partial charge in [-0.25, -0.2) is 13.2 Å². The third kappa shape index (κ3) is 5.10. The van der Waals surface area contributed by atoms with Gasteiger partial charge in [0.15, 0.2) is 0 Å². The van der Waals surface area contributed by atoms with Crippen LogP contribution in [0.15, 0.2) is 51.8 Å². The molecule has 0 saturated carbocycles. The lowest BCUT2D eigenvalue weighted by atomic mass is 9.87. The van der Waals surface area contributed by atoms with E-state index in [9.17, 15) is 13.2 Å². The number of anilines is 1. The molecule has 3 aromatic rings. The average molecular weight is 444 g/mol. The number of fused-ring (bicyclic) bond motifs is 1. The van der Waals surface area contributed by atoms with Crippen molar-refractivity contribution in [2.24, 2.45) is 0 Å². The number of aryl methyl sites for hydroxylation is 1. The SMILES string of the molecule is CCCCOC(=O)c1c(C)oc2ccc(NS(=O)(=O)c3ccc(C(C)(C)C)cc3)cc12. The molecule has 31 heavy (non-hydrogen) atoms. The maximum absolute atomic E-state index is 12.9. The average Bonchev–Trinajstić information content (AvgIpc) is 3.02. The van der Waals surface area contributed by atoms with Crippen LogP contribution in [-0.2, 0) is 20.2 Å². The highest BCUT2D eigenvalue weighted by atomic mass is 32.2. The minimum absolute atomic E-state index is 0.0674. The van der Waals surface area contributed by atoms with Gasteiger partial charge in [-0.3, -0.25) is 4.72 Å². The van der Waals surface area contributed by atoms with E-state index in [2.05, 4.69) is 25.5 Å². The van der Waals surface area contributed by atoms with Crippen LogP contribution in [0.4, 0.5) is 5.69 Å². The van der Waals surface area contributed by atoms with Crippen LogP contribution in [0.2, 0.25) is 0 Å². The molecule has 0 atom stereocenters. The van der Waals surface area contributed by atoms with Gasteiger partial charge in [0, 0.05) is 11.1 Å². The van der Waals surface area contributed by atoms with Crippen molar-refractivity contribution in [3.05, 3.63) is 59.4 Å².